The maximum Gasteiger partial charge on any atom is 0.333 e. The number of nitrogens with zero attached hydrogens (tertiary/aromatic N) is 1. The lowest BCUT2D eigenvalue weighted by molar-refractivity contribution is -0.384. The summed E-state index contributed by atoms with van der Waals surface area (Å²) in [4.78, 5) is 9.83. The molecule has 1 aromatic carbocycles. The molecular formula is C8H10N2O5S. The van der Waals surface area contributed by atoms with E-state index in [2.05, 4.69) is 9.32 Å². The van der Waals surface area contributed by atoms with E-state index in [0.717, 1.165) is 5.56 Å². The second kappa shape index (κ2) is 5.01. The van der Waals surface area contributed by atoms with Gasteiger partial charge in [0.2, 0.25) is 0 Å². The van der Waals surface area contributed by atoms with E-state index in [1.54, 1.807) is 0 Å². The average molecular weight is 246 g/mol. The van der Waals surface area contributed by atoms with Crippen LogP contribution in [0.3, 0.4) is 0 Å². The first-order chi connectivity index (χ1) is 7.38. The predicted molar refractivity (Wildman–Crippen MR) is 55.9 cm³/mol. The van der Waals surface area contributed by atoms with Crippen molar-refractivity contribution in [1.82, 2.24) is 0 Å². The lowest BCUT2D eigenvalue weighted by atomic mass is 10.1. The standard InChI is InChI=1S/C8H10N2O5S/c9-16(13,14)15-6-5-7-1-3-8(4-2-7)10(11)12/h1-4H,5-6H2,(H2,9,13,14). The van der Waals surface area contributed by atoms with Crippen molar-refractivity contribution in [2.75, 3.05) is 6.61 Å². The molecule has 8 heteroatoms. The van der Waals surface area contributed by atoms with Crippen LogP contribution in [0.5, 0.6) is 0 Å². The van der Waals surface area contributed by atoms with Crippen LogP contribution in [-0.4, -0.2) is 19.9 Å². The van der Waals surface area contributed by atoms with Crippen LogP contribution in [0.1, 0.15) is 5.56 Å². The molecule has 0 aliphatic carbocycles. The van der Waals surface area contributed by atoms with Gasteiger partial charge in [-0.15, -0.1) is 0 Å². The summed E-state index contributed by atoms with van der Waals surface area (Å²) in [6, 6.07) is 5.74. The van der Waals surface area contributed by atoms with E-state index in [1.807, 2.05) is 0 Å². The SMILES string of the molecule is NS(=O)(=O)OCCc1ccc([N+](=O)[O-])cc1. The number of rotatable bonds is 5. The zero-order chi connectivity index (χ0) is 12.2. The predicted octanol–water partition coefficient (Wildman–Crippen LogP) is 0.357. The van der Waals surface area contributed by atoms with Gasteiger partial charge in [-0.2, -0.15) is 8.42 Å². The molecule has 2 N–H and O–H groups in total. The smallest absolute Gasteiger partial charge is 0.258 e. The van der Waals surface area contributed by atoms with Crippen LogP contribution in [0.25, 0.3) is 0 Å². The highest BCUT2D eigenvalue weighted by Crippen LogP contribution is 2.12. The second-order valence-electron chi connectivity index (χ2n) is 2.99. The topological polar surface area (TPSA) is 113 Å². The Balaban J connectivity index is 2.53. The molecule has 1 aromatic rings. The molecule has 0 unspecified atom stereocenters. The van der Waals surface area contributed by atoms with Gasteiger partial charge in [-0.05, 0) is 12.0 Å². The molecule has 88 valence electrons. The Morgan fingerprint density at radius 1 is 1.31 bits per heavy atom. The molecule has 0 bridgehead atoms. The maximum atomic E-state index is 10.4. The molecule has 1 rings (SSSR count). The van der Waals surface area contributed by atoms with Crippen LogP contribution in [0.15, 0.2) is 24.3 Å². The Morgan fingerprint density at radius 3 is 2.31 bits per heavy atom. The van der Waals surface area contributed by atoms with Gasteiger partial charge in [-0.1, -0.05) is 12.1 Å². The van der Waals surface area contributed by atoms with Crippen LogP contribution in [0, 0.1) is 10.1 Å². The van der Waals surface area contributed by atoms with E-state index >= 15 is 0 Å². The Morgan fingerprint density at radius 2 is 1.88 bits per heavy atom. The maximum absolute atomic E-state index is 10.4. The summed E-state index contributed by atoms with van der Waals surface area (Å²) in [5.41, 5.74) is 0.713. The number of hydrogen-bond donors (Lipinski definition) is 1. The normalized spacial score (nSPS) is 11.3. The third-order valence-corrected chi connectivity index (χ3v) is 2.28. The second-order valence-corrected chi connectivity index (χ2v) is 4.21. The van der Waals surface area contributed by atoms with Crippen LogP contribution >= 0.6 is 0 Å². The van der Waals surface area contributed by atoms with E-state index < -0.39 is 15.2 Å². The van der Waals surface area contributed by atoms with E-state index in [9.17, 15) is 18.5 Å². The van der Waals surface area contributed by atoms with Gasteiger partial charge in [0.05, 0.1) is 11.5 Å². The number of hydrogen-bond acceptors (Lipinski definition) is 5. The first-order valence-electron chi connectivity index (χ1n) is 4.29. The summed E-state index contributed by atoms with van der Waals surface area (Å²) in [7, 11) is -3.92. The van der Waals surface area contributed by atoms with Gasteiger partial charge >= 0.3 is 10.3 Å². The largest absolute Gasteiger partial charge is 0.333 e. The van der Waals surface area contributed by atoms with Gasteiger partial charge in [-0.3, -0.25) is 14.3 Å². The highest BCUT2D eigenvalue weighted by Gasteiger charge is 2.05. The van der Waals surface area contributed by atoms with Crippen molar-refractivity contribution >= 4 is 16.0 Å². The molecule has 0 atom stereocenters. The van der Waals surface area contributed by atoms with Gasteiger partial charge in [0.15, 0.2) is 0 Å². The average Bonchev–Trinajstić information content (AvgIpc) is 2.16. The first-order valence-corrected chi connectivity index (χ1v) is 5.76. The van der Waals surface area contributed by atoms with E-state index in [-0.39, 0.29) is 12.3 Å². The van der Waals surface area contributed by atoms with Crippen LogP contribution in [0.2, 0.25) is 0 Å². The summed E-state index contributed by atoms with van der Waals surface area (Å²) in [5, 5.41) is 15.0. The van der Waals surface area contributed by atoms with Crippen LogP contribution < -0.4 is 5.14 Å². The minimum absolute atomic E-state index is 0.0175. The quantitative estimate of drug-likeness (QED) is 0.595. The van der Waals surface area contributed by atoms with Gasteiger partial charge < -0.3 is 0 Å². The highest BCUT2D eigenvalue weighted by molar-refractivity contribution is 7.84. The number of nitro groups is 1. The summed E-state index contributed by atoms with van der Waals surface area (Å²) < 4.78 is 25.2. The molecule has 0 aliphatic rings. The molecule has 0 radical (unpaired) electrons. The summed E-state index contributed by atoms with van der Waals surface area (Å²) in [6.45, 7) is -0.0867. The molecule has 0 amide bonds. The van der Waals surface area contributed by atoms with Crippen molar-refractivity contribution < 1.29 is 17.5 Å². The number of nitrogens with two attached hydrogens (primary N) is 1. The molecule has 0 saturated carbocycles. The van der Waals surface area contributed by atoms with Crippen molar-refractivity contribution in [3.05, 3.63) is 39.9 Å². The summed E-state index contributed by atoms with van der Waals surface area (Å²) in [5.74, 6) is 0. The highest BCUT2D eigenvalue weighted by atomic mass is 32.2. The van der Waals surface area contributed by atoms with Crippen molar-refractivity contribution in [2.24, 2.45) is 5.14 Å². The fourth-order valence-electron chi connectivity index (χ4n) is 1.06. The molecule has 0 aromatic heterocycles. The monoisotopic (exact) mass is 246 g/mol. The fraction of sp³-hybridized carbons (Fsp3) is 0.250. The zero-order valence-corrected chi connectivity index (χ0v) is 9.01. The van der Waals surface area contributed by atoms with Gasteiger partial charge in [-0.25, -0.2) is 5.14 Å². The molecule has 0 aliphatic heterocycles. The van der Waals surface area contributed by atoms with E-state index in [1.165, 1.54) is 24.3 Å². The molecule has 0 spiro atoms. The van der Waals surface area contributed by atoms with Gasteiger partial charge in [0.1, 0.15) is 0 Å². The van der Waals surface area contributed by atoms with E-state index in [4.69, 9.17) is 0 Å². The van der Waals surface area contributed by atoms with Crippen molar-refractivity contribution in [2.45, 2.75) is 6.42 Å². The zero-order valence-electron chi connectivity index (χ0n) is 8.20. The molecular weight excluding hydrogens is 236 g/mol. The van der Waals surface area contributed by atoms with Crippen molar-refractivity contribution in [3.8, 4) is 0 Å². The number of nitro benzene ring substituents is 1. The molecule has 0 fully saturated rings. The fourth-order valence-corrected chi connectivity index (χ4v) is 1.38. The Bertz CT molecular complexity index is 468. The van der Waals surface area contributed by atoms with Gasteiger partial charge in [0.25, 0.3) is 5.69 Å². The first kappa shape index (κ1) is 12.6. The molecule has 0 heterocycles. The molecule has 0 saturated heterocycles. The minimum Gasteiger partial charge on any atom is -0.258 e. The Hall–Kier alpha value is -1.51. The minimum atomic E-state index is -3.92. The molecule has 7 nitrogen and oxygen atoms in total. The summed E-state index contributed by atoms with van der Waals surface area (Å²) in [6.07, 6.45) is 0.314. The van der Waals surface area contributed by atoms with Crippen molar-refractivity contribution in [1.29, 1.82) is 0 Å². The van der Waals surface area contributed by atoms with Gasteiger partial charge in [0, 0.05) is 12.1 Å². The van der Waals surface area contributed by atoms with Crippen molar-refractivity contribution in [3.63, 3.8) is 0 Å². The van der Waals surface area contributed by atoms with Crippen LogP contribution in [-0.2, 0) is 20.9 Å². The Kier molecular flexibility index (Phi) is 3.93. The number of benzene rings is 1. The summed E-state index contributed by atoms with van der Waals surface area (Å²) >= 11 is 0. The van der Waals surface area contributed by atoms with Crippen LogP contribution in [0.4, 0.5) is 5.69 Å². The molecule has 16 heavy (non-hydrogen) atoms. The lowest BCUT2D eigenvalue weighted by Gasteiger charge is -2.01. The van der Waals surface area contributed by atoms with E-state index in [0.29, 0.717) is 6.42 Å². The third-order valence-electron chi connectivity index (χ3n) is 1.79. The Labute approximate surface area is 92.2 Å². The third kappa shape index (κ3) is 4.34. The number of non-ortho nitro benzene ring substituents is 1. The lowest BCUT2D eigenvalue weighted by Crippen LogP contribution is -2.17.